The smallest absolute Gasteiger partial charge is 0.259 e. The van der Waals surface area contributed by atoms with Gasteiger partial charge in [-0.2, -0.15) is 0 Å². The van der Waals surface area contributed by atoms with Crippen molar-refractivity contribution in [3.63, 3.8) is 0 Å². The topological polar surface area (TPSA) is 36.1 Å². The fourth-order valence-corrected chi connectivity index (χ4v) is 4.11. The average molecular weight is 436 g/mol. The zero-order chi connectivity index (χ0) is 17.4. The summed E-state index contributed by atoms with van der Waals surface area (Å²) in [4.78, 5) is 18.0. The third-order valence-corrected chi connectivity index (χ3v) is 5.12. The van der Waals surface area contributed by atoms with Gasteiger partial charge in [-0.15, -0.1) is 0 Å². The molecule has 0 aliphatic heterocycles. The van der Waals surface area contributed by atoms with Gasteiger partial charge in [-0.3, -0.25) is 4.79 Å². The monoisotopic (exact) mass is 436 g/mol. The third kappa shape index (κ3) is 2.70. The van der Waals surface area contributed by atoms with E-state index in [0.29, 0.717) is 23.2 Å². The molecule has 1 N–H and O–H groups in total. The van der Waals surface area contributed by atoms with Crippen LogP contribution >= 0.6 is 22.6 Å². The Morgan fingerprint density at radius 1 is 1.29 bits per heavy atom. The maximum absolute atomic E-state index is 14.3. The predicted molar refractivity (Wildman–Crippen MR) is 104 cm³/mol. The van der Waals surface area contributed by atoms with Crippen molar-refractivity contribution in [2.45, 2.75) is 20.8 Å². The first-order valence-corrected chi connectivity index (χ1v) is 8.86. The lowest BCUT2D eigenvalue weighted by Gasteiger charge is -2.22. The number of aromatic nitrogens is 1. The number of H-pyrrole nitrogens is 1. The summed E-state index contributed by atoms with van der Waals surface area (Å²) in [7, 11) is 0. The largest absolute Gasteiger partial charge is 0.359 e. The van der Waals surface area contributed by atoms with Crippen LogP contribution in [0.25, 0.3) is 10.9 Å². The zero-order valence-corrected chi connectivity index (χ0v) is 15.9. The number of nitrogens with one attached hydrogen (secondary N) is 1. The molecule has 3 aromatic rings. The van der Waals surface area contributed by atoms with E-state index in [0.717, 1.165) is 20.2 Å². The van der Waals surface area contributed by atoms with Crippen LogP contribution in [-0.4, -0.2) is 17.4 Å². The second-order valence-electron chi connectivity index (χ2n) is 5.76. The van der Waals surface area contributed by atoms with Gasteiger partial charge in [0.15, 0.2) is 0 Å². The van der Waals surface area contributed by atoms with E-state index in [1.807, 2.05) is 37.4 Å². The highest BCUT2D eigenvalue weighted by molar-refractivity contribution is 14.1. The lowest BCUT2D eigenvalue weighted by atomic mass is 10.0. The Kier molecular flexibility index (Phi) is 4.62. The summed E-state index contributed by atoms with van der Waals surface area (Å²) in [6.45, 7) is 5.81. The Bertz CT molecular complexity index is 933. The average Bonchev–Trinajstić information content (AvgIpc) is 2.98. The number of halogens is 2. The number of hydrogen-bond acceptors (Lipinski definition) is 1. The minimum absolute atomic E-state index is 0.178. The molecule has 124 valence electrons. The summed E-state index contributed by atoms with van der Waals surface area (Å²) in [6.07, 6.45) is 1.83. The Labute approximate surface area is 154 Å². The van der Waals surface area contributed by atoms with Gasteiger partial charge in [-0.1, -0.05) is 18.2 Å². The molecule has 2 aromatic carbocycles. The van der Waals surface area contributed by atoms with Crippen molar-refractivity contribution in [3.05, 3.63) is 62.6 Å². The number of benzene rings is 2. The number of anilines is 1. The SMILES string of the molecule is CCN(C(=O)c1c(I)cc(C)c(F)c1C)c1c[nH]c2ccccc12. The van der Waals surface area contributed by atoms with E-state index in [4.69, 9.17) is 0 Å². The summed E-state index contributed by atoms with van der Waals surface area (Å²) in [5, 5.41) is 0.980. The normalized spacial score (nSPS) is 11.0. The number of nitrogens with zero attached hydrogens (tertiary/aromatic N) is 1. The number of hydrogen-bond donors (Lipinski definition) is 1. The van der Waals surface area contributed by atoms with E-state index in [1.165, 1.54) is 0 Å². The van der Waals surface area contributed by atoms with Gasteiger partial charge < -0.3 is 9.88 Å². The van der Waals surface area contributed by atoms with Crippen LogP contribution in [0.2, 0.25) is 0 Å². The van der Waals surface area contributed by atoms with Crippen molar-refractivity contribution in [2.24, 2.45) is 0 Å². The lowest BCUT2D eigenvalue weighted by molar-refractivity contribution is 0.0986. The van der Waals surface area contributed by atoms with Gasteiger partial charge in [-0.25, -0.2) is 4.39 Å². The van der Waals surface area contributed by atoms with E-state index < -0.39 is 0 Å². The van der Waals surface area contributed by atoms with Crippen LogP contribution in [0.3, 0.4) is 0 Å². The molecule has 1 heterocycles. The number of rotatable bonds is 3. The van der Waals surface area contributed by atoms with Gasteiger partial charge in [-0.05, 0) is 66.6 Å². The van der Waals surface area contributed by atoms with Crippen molar-refractivity contribution in [3.8, 4) is 0 Å². The van der Waals surface area contributed by atoms with Crippen molar-refractivity contribution in [2.75, 3.05) is 11.4 Å². The molecule has 5 heteroatoms. The number of carbonyl (C=O) groups excluding carboxylic acids is 1. The summed E-state index contributed by atoms with van der Waals surface area (Å²) < 4.78 is 15.1. The van der Waals surface area contributed by atoms with Gasteiger partial charge in [0, 0.05) is 27.2 Å². The zero-order valence-electron chi connectivity index (χ0n) is 13.8. The fourth-order valence-electron chi connectivity index (χ4n) is 3.01. The molecule has 0 saturated heterocycles. The van der Waals surface area contributed by atoms with Crippen LogP contribution in [-0.2, 0) is 0 Å². The van der Waals surface area contributed by atoms with E-state index in [9.17, 15) is 9.18 Å². The number of fused-ring (bicyclic) bond motifs is 1. The van der Waals surface area contributed by atoms with Crippen LogP contribution in [0.1, 0.15) is 28.4 Å². The quantitative estimate of drug-likeness (QED) is 0.564. The van der Waals surface area contributed by atoms with Crippen molar-refractivity contribution in [1.29, 1.82) is 0 Å². The van der Waals surface area contributed by atoms with Gasteiger partial charge in [0.1, 0.15) is 5.82 Å². The van der Waals surface area contributed by atoms with Gasteiger partial charge >= 0.3 is 0 Å². The molecule has 0 aliphatic rings. The summed E-state index contributed by atoms with van der Waals surface area (Å²) in [6, 6.07) is 9.56. The van der Waals surface area contributed by atoms with Crippen LogP contribution in [0.15, 0.2) is 36.5 Å². The molecule has 1 aromatic heterocycles. The number of amides is 1. The van der Waals surface area contributed by atoms with Crippen molar-refractivity contribution in [1.82, 2.24) is 4.98 Å². The van der Waals surface area contributed by atoms with Gasteiger partial charge in [0.2, 0.25) is 0 Å². The first-order chi connectivity index (χ1) is 11.5. The molecule has 0 unspecified atom stereocenters. The molecule has 0 radical (unpaired) electrons. The third-order valence-electron chi connectivity index (χ3n) is 4.27. The highest BCUT2D eigenvalue weighted by atomic mass is 127. The Balaban J connectivity index is 2.13. The van der Waals surface area contributed by atoms with Crippen LogP contribution in [0, 0.1) is 23.2 Å². The Hall–Kier alpha value is -1.89. The minimum atomic E-state index is -0.311. The molecule has 3 rings (SSSR count). The maximum atomic E-state index is 14.3. The molecule has 3 nitrogen and oxygen atoms in total. The highest BCUT2D eigenvalue weighted by Gasteiger charge is 2.24. The van der Waals surface area contributed by atoms with Crippen LogP contribution < -0.4 is 4.90 Å². The van der Waals surface area contributed by atoms with Gasteiger partial charge in [0.05, 0.1) is 11.3 Å². The molecule has 0 bridgehead atoms. The van der Waals surface area contributed by atoms with E-state index in [-0.39, 0.29) is 11.7 Å². The van der Waals surface area contributed by atoms with E-state index in [1.54, 1.807) is 24.8 Å². The number of carbonyl (C=O) groups is 1. The van der Waals surface area contributed by atoms with Crippen molar-refractivity contribution >= 4 is 45.1 Å². The molecule has 0 saturated carbocycles. The van der Waals surface area contributed by atoms with E-state index in [2.05, 4.69) is 27.6 Å². The minimum Gasteiger partial charge on any atom is -0.359 e. The summed E-state index contributed by atoms with van der Waals surface area (Å²) >= 11 is 2.11. The number of aryl methyl sites for hydroxylation is 1. The number of aromatic amines is 1. The molecule has 0 aliphatic carbocycles. The van der Waals surface area contributed by atoms with Crippen LogP contribution in [0.4, 0.5) is 10.1 Å². The van der Waals surface area contributed by atoms with Gasteiger partial charge in [0.25, 0.3) is 5.91 Å². The molecular formula is C19H18FIN2O. The second-order valence-corrected chi connectivity index (χ2v) is 6.92. The molecule has 1 amide bonds. The molecule has 0 spiro atoms. The lowest BCUT2D eigenvalue weighted by Crippen LogP contribution is -2.32. The van der Waals surface area contributed by atoms with E-state index >= 15 is 0 Å². The van der Waals surface area contributed by atoms with Crippen molar-refractivity contribution < 1.29 is 9.18 Å². The predicted octanol–water partition coefficient (Wildman–Crippen LogP) is 5.20. The standard InChI is InChI=1S/C19H18FIN2O/c1-4-23(16-10-22-15-8-6-5-7-13(15)16)19(24)17-12(3)18(20)11(2)9-14(17)21/h5-10,22H,4H2,1-3H3. The highest BCUT2D eigenvalue weighted by Crippen LogP contribution is 2.30. The van der Waals surface area contributed by atoms with Crippen LogP contribution in [0.5, 0.6) is 0 Å². The first kappa shape index (κ1) is 17.0. The molecular weight excluding hydrogens is 418 g/mol. The molecule has 24 heavy (non-hydrogen) atoms. The summed E-state index contributed by atoms with van der Waals surface area (Å²) in [5.74, 6) is -0.489. The summed E-state index contributed by atoms with van der Waals surface area (Å²) in [5.41, 5.74) is 3.19. The Morgan fingerprint density at radius 3 is 2.71 bits per heavy atom. The molecule has 0 atom stereocenters. The second kappa shape index (κ2) is 6.55. The first-order valence-electron chi connectivity index (χ1n) is 7.78. The number of para-hydroxylation sites is 1. The maximum Gasteiger partial charge on any atom is 0.259 e. The fraction of sp³-hybridized carbons (Fsp3) is 0.211. The molecule has 0 fully saturated rings. The Morgan fingerprint density at radius 2 is 2.00 bits per heavy atom.